The fourth-order valence-corrected chi connectivity index (χ4v) is 1.36. The molecule has 0 heterocycles. The third kappa shape index (κ3) is 2.05. The number of aromatic hydroxyl groups is 2. The van der Waals surface area contributed by atoms with Crippen LogP contribution in [-0.2, 0) is 0 Å². The summed E-state index contributed by atoms with van der Waals surface area (Å²) in [6.45, 7) is 0.120. The summed E-state index contributed by atoms with van der Waals surface area (Å²) in [4.78, 5) is 11.4. The van der Waals surface area contributed by atoms with Crippen molar-refractivity contribution in [2.24, 2.45) is 0 Å². The summed E-state index contributed by atoms with van der Waals surface area (Å²) in [5.74, 6) is -0.973. The smallest absolute Gasteiger partial charge is 0.180 e. The van der Waals surface area contributed by atoms with Crippen LogP contribution in [0.5, 0.6) is 11.5 Å². The summed E-state index contributed by atoms with van der Waals surface area (Å²) >= 11 is 3.03. The highest BCUT2D eigenvalue weighted by molar-refractivity contribution is 9.10. The molecule has 0 aromatic heterocycles. The summed E-state index contributed by atoms with van der Waals surface area (Å²) < 4.78 is 0.357. The van der Waals surface area contributed by atoms with E-state index in [1.165, 1.54) is 12.1 Å². The van der Waals surface area contributed by atoms with Crippen LogP contribution in [0, 0.1) is 0 Å². The molecule has 1 aromatic rings. The Hall–Kier alpha value is -1.07. The van der Waals surface area contributed by atoms with Crippen LogP contribution in [0.25, 0.3) is 0 Å². The van der Waals surface area contributed by atoms with E-state index in [-0.39, 0.29) is 29.4 Å². The molecule has 0 spiro atoms. The van der Waals surface area contributed by atoms with Gasteiger partial charge in [-0.1, -0.05) is 0 Å². The van der Waals surface area contributed by atoms with Gasteiger partial charge in [0.15, 0.2) is 17.3 Å². The van der Waals surface area contributed by atoms with Gasteiger partial charge in [-0.2, -0.15) is 0 Å². The summed E-state index contributed by atoms with van der Waals surface area (Å²) in [6.07, 6.45) is 0. The highest BCUT2D eigenvalue weighted by Gasteiger charge is 2.15. The van der Waals surface area contributed by atoms with E-state index in [1.54, 1.807) is 7.05 Å². The van der Waals surface area contributed by atoms with E-state index >= 15 is 0 Å². The van der Waals surface area contributed by atoms with Crippen LogP contribution in [-0.4, -0.2) is 29.6 Å². The lowest BCUT2D eigenvalue weighted by atomic mass is 10.1. The van der Waals surface area contributed by atoms with E-state index in [0.717, 1.165) is 0 Å². The lowest BCUT2D eigenvalue weighted by Crippen LogP contribution is -2.18. The first-order valence-corrected chi connectivity index (χ1v) is 4.75. The minimum absolute atomic E-state index is 0.111. The number of phenolic OH excluding ortho intramolecular Hbond substituents is 2. The molecule has 0 fully saturated rings. The average molecular weight is 260 g/mol. The number of hydrogen-bond acceptors (Lipinski definition) is 4. The Morgan fingerprint density at radius 2 is 2.07 bits per heavy atom. The topological polar surface area (TPSA) is 69.6 Å². The maximum absolute atomic E-state index is 11.4. The van der Waals surface area contributed by atoms with Gasteiger partial charge in [-0.25, -0.2) is 0 Å². The average Bonchev–Trinajstić information content (AvgIpc) is 2.15. The predicted octanol–water partition coefficient (Wildman–Crippen LogP) is 1.26. The number of rotatable bonds is 3. The number of Topliss-reactive ketones (excluding diaryl/α,β-unsaturated/α-hetero) is 1. The zero-order chi connectivity index (χ0) is 10.7. The van der Waals surface area contributed by atoms with Crippen molar-refractivity contribution in [3.05, 3.63) is 22.2 Å². The quantitative estimate of drug-likeness (QED) is 0.565. The van der Waals surface area contributed by atoms with E-state index in [9.17, 15) is 15.0 Å². The highest BCUT2D eigenvalue weighted by Crippen LogP contribution is 2.35. The Morgan fingerprint density at radius 1 is 1.43 bits per heavy atom. The minimum Gasteiger partial charge on any atom is -0.504 e. The lowest BCUT2D eigenvalue weighted by molar-refractivity contribution is 0.0990. The standard InChI is InChI=1S/C9H10BrNO3/c1-11-4-7(12)5-2-3-6(10)9(14)8(5)13/h2-3,11,13-14H,4H2,1H3. The number of phenols is 2. The molecule has 76 valence electrons. The van der Waals surface area contributed by atoms with E-state index in [2.05, 4.69) is 21.2 Å². The first kappa shape index (κ1) is 11.0. The van der Waals surface area contributed by atoms with Crippen LogP contribution in [0.3, 0.4) is 0 Å². The third-order valence-corrected chi connectivity index (χ3v) is 2.38. The molecule has 0 saturated carbocycles. The van der Waals surface area contributed by atoms with Crippen LogP contribution in [0.4, 0.5) is 0 Å². The molecule has 1 aromatic carbocycles. The molecule has 0 atom stereocenters. The molecule has 3 N–H and O–H groups in total. The molecular formula is C9H10BrNO3. The first-order valence-electron chi connectivity index (χ1n) is 3.96. The number of halogens is 1. The summed E-state index contributed by atoms with van der Waals surface area (Å²) in [5.41, 5.74) is 0.111. The van der Waals surface area contributed by atoms with Crippen LogP contribution in [0.15, 0.2) is 16.6 Å². The molecule has 0 aliphatic rings. The van der Waals surface area contributed by atoms with Crippen molar-refractivity contribution in [3.63, 3.8) is 0 Å². The van der Waals surface area contributed by atoms with Crippen molar-refractivity contribution in [2.45, 2.75) is 0 Å². The first-order chi connectivity index (χ1) is 6.57. The molecule has 14 heavy (non-hydrogen) atoms. The van der Waals surface area contributed by atoms with Crippen molar-refractivity contribution in [1.29, 1.82) is 0 Å². The molecule has 0 unspecified atom stereocenters. The van der Waals surface area contributed by atoms with Gasteiger partial charge in [0.1, 0.15) is 0 Å². The molecule has 4 nitrogen and oxygen atoms in total. The van der Waals surface area contributed by atoms with Crippen molar-refractivity contribution in [2.75, 3.05) is 13.6 Å². The van der Waals surface area contributed by atoms with Gasteiger partial charge in [0.2, 0.25) is 0 Å². The number of carbonyl (C=O) groups is 1. The zero-order valence-corrected chi connectivity index (χ0v) is 9.13. The largest absolute Gasteiger partial charge is 0.504 e. The molecule has 0 amide bonds. The Balaban J connectivity index is 3.11. The molecule has 0 aliphatic heterocycles. The summed E-state index contributed by atoms with van der Waals surface area (Å²) in [6, 6.07) is 2.97. The zero-order valence-electron chi connectivity index (χ0n) is 7.54. The maximum atomic E-state index is 11.4. The normalized spacial score (nSPS) is 10.1. The number of ketones is 1. The SMILES string of the molecule is CNCC(=O)c1ccc(Br)c(O)c1O. The van der Waals surface area contributed by atoms with Gasteiger partial charge in [0.25, 0.3) is 0 Å². The molecule has 1 rings (SSSR count). The molecule has 5 heteroatoms. The van der Waals surface area contributed by atoms with E-state index in [0.29, 0.717) is 4.47 Å². The van der Waals surface area contributed by atoms with E-state index in [1.807, 2.05) is 0 Å². The van der Waals surface area contributed by atoms with Gasteiger partial charge in [0.05, 0.1) is 16.6 Å². The number of nitrogens with one attached hydrogen (secondary N) is 1. The number of benzene rings is 1. The number of hydrogen-bond donors (Lipinski definition) is 3. The van der Waals surface area contributed by atoms with Crippen molar-refractivity contribution >= 4 is 21.7 Å². The Kier molecular flexibility index (Phi) is 3.49. The number of likely N-dealkylation sites (N-methyl/N-ethyl adjacent to an activating group) is 1. The van der Waals surface area contributed by atoms with Gasteiger partial charge < -0.3 is 15.5 Å². The fraction of sp³-hybridized carbons (Fsp3) is 0.222. The number of carbonyl (C=O) groups excluding carboxylic acids is 1. The van der Waals surface area contributed by atoms with Gasteiger partial charge in [0, 0.05) is 0 Å². The van der Waals surface area contributed by atoms with Crippen molar-refractivity contribution in [1.82, 2.24) is 5.32 Å². The summed E-state index contributed by atoms with van der Waals surface area (Å²) in [5, 5.41) is 21.5. The third-order valence-electron chi connectivity index (χ3n) is 1.74. The van der Waals surface area contributed by atoms with Crippen molar-refractivity contribution < 1.29 is 15.0 Å². The Morgan fingerprint density at radius 3 is 2.64 bits per heavy atom. The van der Waals surface area contributed by atoms with Gasteiger partial charge >= 0.3 is 0 Å². The highest BCUT2D eigenvalue weighted by atomic mass is 79.9. The Bertz CT molecular complexity index is 365. The second-order valence-electron chi connectivity index (χ2n) is 2.75. The van der Waals surface area contributed by atoms with E-state index < -0.39 is 0 Å². The van der Waals surface area contributed by atoms with Crippen LogP contribution < -0.4 is 5.32 Å². The van der Waals surface area contributed by atoms with Gasteiger partial charge in [-0.05, 0) is 35.1 Å². The molecule has 0 bridgehead atoms. The van der Waals surface area contributed by atoms with Gasteiger partial charge in [-0.3, -0.25) is 4.79 Å². The van der Waals surface area contributed by atoms with Gasteiger partial charge in [-0.15, -0.1) is 0 Å². The fourth-order valence-electron chi connectivity index (χ4n) is 1.04. The Labute approximate surface area is 89.7 Å². The molecule has 0 aliphatic carbocycles. The van der Waals surface area contributed by atoms with Crippen LogP contribution >= 0.6 is 15.9 Å². The lowest BCUT2D eigenvalue weighted by Gasteiger charge is -2.06. The second kappa shape index (κ2) is 4.43. The van der Waals surface area contributed by atoms with E-state index in [4.69, 9.17) is 0 Å². The predicted molar refractivity (Wildman–Crippen MR) is 55.7 cm³/mol. The van der Waals surface area contributed by atoms with Crippen LogP contribution in [0.1, 0.15) is 10.4 Å². The molecular weight excluding hydrogens is 250 g/mol. The molecule has 0 saturated heterocycles. The van der Waals surface area contributed by atoms with Crippen molar-refractivity contribution in [3.8, 4) is 11.5 Å². The van der Waals surface area contributed by atoms with Crippen LogP contribution in [0.2, 0.25) is 0 Å². The maximum Gasteiger partial charge on any atom is 0.180 e. The second-order valence-corrected chi connectivity index (χ2v) is 3.60. The minimum atomic E-state index is -0.389. The molecule has 0 radical (unpaired) electrons. The summed E-state index contributed by atoms with van der Waals surface area (Å²) in [7, 11) is 1.63. The monoisotopic (exact) mass is 259 g/mol.